The van der Waals surface area contributed by atoms with E-state index in [4.69, 9.17) is 14.6 Å². The van der Waals surface area contributed by atoms with Crippen LogP contribution in [0.15, 0.2) is 60.7 Å². The van der Waals surface area contributed by atoms with Crippen LogP contribution in [0.3, 0.4) is 0 Å². The van der Waals surface area contributed by atoms with Crippen molar-refractivity contribution in [2.75, 3.05) is 20.3 Å². The van der Waals surface area contributed by atoms with E-state index < -0.39 is 0 Å². The number of para-hydroxylation sites is 1. The average Bonchev–Trinajstić information content (AvgIpc) is 3.52. The van der Waals surface area contributed by atoms with Gasteiger partial charge in [-0.05, 0) is 57.2 Å². The topological polar surface area (TPSA) is 81.2 Å². The van der Waals surface area contributed by atoms with Gasteiger partial charge < -0.3 is 19.8 Å². The summed E-state index contributed by atoms with van der Waals surface area (Å²) in [5.74, 6) is 0.542. The molecule has 3 aromatic carbocycles. The first-order chi connectivity index (χ1) is 19.5. The summed E-state index contributed by atoms with van der Waals surface area (Å²) in [7, 11) is 3.94. The minimum atomic E-state index is -0.333. The predicted molar refractivity (Wildman–Crippen MR) is 161 cm³/mol. The molecule has 7 nitrogen and oxygen atoms in total. The number of aromatic amines is 1. The molecule has 7 heteroatoms. The Morgan fingerprint density at radius 2 is 1.80 bits per heavy atom. The van der Waals surface area contributed by atoms with Gasteiger partial charge in [0.05, 0.1) is 24.4 Å². The zero-order chi connectivity index (χ0) is 28.2. The van der Waals surface area contributed by atoms with E-state index in [9.17, 15) is 4.79 Å². The number of nitrogens with one attached hydrogen (secondary N) is 2. The molecule has 1 atom stereocenters. The number of H-pyrrole nitrogens is 1. The highest BCUT2D eigenvalue weighted by molar-refractivity contribution is 6.04. The second-order valence-corrected chi connectivity index (χ2v) is 10.1. The van der Waals surface area contributed by atoms with Gasteiger partial charge >= 0.3 is 5.97 Å². The maximum atomic E-state index is 13.1. The lowest BCUT2D eigenvalue weighted by atomic mass is 9.95. The highest BCUT2D eigenvalue weighted by Gasteiger charge is 2.25. The maximum Gasteiger partial charge on any atom is 0.355 e. The molecule has 0 aliphatic rings. The third-order valence-corrected chi connectivity index (χ3v) is 7.64. The first kappa shape index (κ1) is 27.5. The number of nitrogens with zero attached hydrogens (tertiary/aromatic N) is 2. The fourth-order valence-corrected chi connectivity index (χ4v) is 5.59. The van der Waals surface area contributed by atoms with Crippen LogP contribution in [0.5, 0.6) is 5.75 Å². The number of aromatic nitrogens is 3. The largest absolute Gasteiger partial charge is 0.493 e. The van der Waals surface area contributed by atoms with Crippen LogP contribution < -0.4 is 10.1 Å². The molecule has 2 aromatic heterocycles. The molecule has 0 saturated carbocycles. The number of fused-ring (bicyclic) bond motifs is 2. The van der Waals surface area contributed by atoms with Crippen LogP contribution in [0.1, 0.15) is 60.7 Å². The lowest BCUT2D eigenvalue weighted by Crippen LogP contribution is -2.14. The lowest BCUT2D eigenvalue weighted by Gasteiger charge is -2.12. The van der Waals surface area contributed by atoms with E-state index >= 15 is 0 Å². The second-order valence-electron chi connectivity index (χ2n) is 10.1. The molecule has 0 radical (unpaired) electrons. The first-order valence-corrected chi connectivity index (χ1v) is 14.1. The molecular weight excluding hydrogens is 500 g/mol. The number of aryl methyl sites for hydroxylation is 2. The zero-order valence-electron chi connectivity index (χ0n) is 24.0. The van der Waals surface area contributed by atoms with Crippen LogP contribution in [0.4, 0.5) is 0 Å². The minimum absolute atomic E-state index is 0.0712. The summed E-state index contributed by atoms with van der Waals surface area (Å²) in [5, 5.41) is 11.5. The van der Waals surface area contributed by atoms with Gasteiger partial charge in [-0.2, -0.15) is 5.10 Å². The Morgan fingerprint density at radius 1 is 1.05 bits per heavy atom. The number of esters is 1. The Bertz CT molecular complexity index is 1640. The van der Waals surface area contributed by atoms with E-state index in [-0.39, 0.29) is 12.0 Å². The van der Waals surface area contributed by atoms with E-state index in [0.717, 1.165) is 68.3 Å². The van der Waals surface area contributed by atoms with Crippen molar-refractivity contribution in [3.8, 4) is 16.9 Å². The van der Waals surface area contributed by atoms with Gasteiger partial charge in [0, 0.05) is 40.7 Å². The maximum absolute atomic E-state index is 13.1. The first-order valence-electron chi connectivity index (χ1n) is 14.1. The van der Waals surface area contributed by atoms with E-state index in [1.54, 1.807) is 0 Å². The molecular formula is C33H38N4O3. The molecule has 1 unspecified atom stereocenters. The summed E-state index contributed by atoms with van der Waals surface area (Å²) < 4.78 is 13.7. The number of ether oxygens (including phenoxy) is 2. The Balaban J connectivity index is 1.51. The van der Waals surface area contributed by atoms with Crippen LogP contribution >= 0.6 is 0 Å². The van der Waals surface area contributed by atoms with Crippen LogP contribution in [0.25, 0.3) is 32.8 Å². The van der Waals surface area contributed by atoms with Gasteiger partial charge in [-0.1, -0.05) is 61.5 Å². The summed E-state index contributed by atoms with van der Waals surface area (Å²) in [6, 6.07) is 20.7. The van der Waals surface area contributed by atoms with Gasteiger partial charge in [0.1, 0.15) is 11.4 Å². The summed E-state index contributed by atoms with van der Waals surface area (Å²) in [4.78, 5) is 16.6. The van der Waals surface area contributed by atoms with E-state index in [0.29, 0.717) is 25.3 Å². The highest BCUT2D eigenvalue weighted by Crippen LogP contribution is 2.38. The Kier molecular flexibility index (Phi) is 8.21. The van der Waals surface area contributed by atoms with Crippen LogP contribution in [0.2, 0.25) is 0 Å². The van der Waals surface area contributed by atoms with Gasteiger partial charge in [0.2, 0.25) is 0 Å². The molecule has 208 valence electrons. The zero-order valence-corrected chi connectivity index (χ0v) is 24.0. The third-order valence-electron chi connectivity index (χ3n) is 7.64. The molecule has 0 aliphatic carbocycles. The Morgan fingerprint density at radius 3 is 2.58 bits per heavy atom. The summed E-state index contributed by atoms with van der Waals surface area (Å²) >= 11 is 0. The summed E-state index contributed by atoms with van der Waals surface area (Å²) in [6.07, 6.45) is 2.27. The van der Waals surface area contributed by atoms with Crippen molar-refractivity contribution in [1.29, 1.82) is 0 Å². The Labute approximate surface area is 235 Å². The van der Waals surface area contributed by atoms with Crippen LogP contribution in [-0.4, -0.2) is 41.0 Å². The van der Waals surface area contributed by atoms with Crippen LogP contribution in [-0.2, 0) is 24.6 Å². The normalized spacial score (nSPS) is 12.2. The minimum Gasteiger partial charge on any atom is -0.493 e. The smallest absolute Gasteiger partial charge is 0.355 e. The highest BCUT2D eigenvalue weighted by atomic mass is 16.5. The number of benzene rings is 3. The van der Waals surface area contributed by atoms with Crippen molar-refractivity contribution in [2.45, 2.75) is 46.1 Å². The molecule has 2 N–H and O–H groups in total. The fourth-order valence-electron chi connectivity index (χ4n) is 5.59. The molecule has 40 heavy (non-hydrogen) atoms. The van der Waals surface area contributed by atoms with Crippen molar-refractivity contribution in [1.82, 2.24) is 20.1 Å². The van der Waals surface area contributed by atoms with Crippen LogP contribution in [0, 0.1) is 0 Å². The average molecular weight is 539 g/mol. The molecule has 0 spiro atoms. The Hall–Kier alpha value is -4.10. The lowest BCUT2D eigenvalue weighted by molar-refractivity contribution is 0.0519. The van der Waals surface area contributed by atoms with Gasteiger partial charge in [0.15, 0.2) is 0 Å². The van der Waals surface area contributed by atoms with E-state index in [2.05, 4.69) is 60.5 Å². The van der Waals surface area contributed by atoms with Crippen molar-refractivity contribution in [3.05, 3.63) is 83.3 Å². The van der Waals surface area contributed by atoms with Crippen molar-refractivity contribution >= 4 is 27.6 Å². The third kappa shape index (κ3) is 5.09. The molecule has 2 heterocycles. The number of hydrogen-bond donors (Lipinski definition) is 2. The molecule has 0 fully saturated rings. The number of hydrogen-bond acceptors (Lipinski definition) is 5. The van der Waals surface area contributed by atoms with E-state index in [1.807, 2.05) is 50.0 Å². The molecule has 0 bridgehead atoms. The number of rotatable bonds is 11. The van der Waals surface area contributed by atoms with Crippen molar-refractivity contribution in [3.63, 3.8) is 0 Å². The molecule has 0 saturated heterocycles. The summed E-state index contributed by atoms with van der Waals surface area (Å²) in [6.45, 7) is 6.95. The van der Waals surface area contributed by atoms with Gasteiger partial charge in [-0.25, -0.2) is 4.79 Å². The number of carbonyl (C=O) groups is 1. The molecule has 5 aromatic rings. The molecule has 0 aliphatic heterocycles. The van der Waals surface area contributed by atoms with Gasteiger partial charge in [-0.15, -0.1) is 0 Å². The SMILES string of the molecule is CCOC(=O)c1[nH]c2c(-c3c(C(C)NC)nn(C)c3CC)cccc2c1CCCOc1cccc2ccccc12. The van der Waals surface area contributed by atoms with Gasteiger partial charge in [-0.3, -0.25) is 4.68 Å². The quantitative estimate of drug-likeness (QED) is 0.144. The molecule has 0 amide bonds. The number of carbonyl (C=O) groups excluding carboxylic acids is 1. The van der Waals surface area contributed by atoms with Crippen molar-refractivity contribution < 1.29 is 14.3 Å². The van der Waals surface area contributed by atoms with Crippen molar-refractivity contribution in [2.24, 2.45) is 7.05 Å². The van der Waals surface area contributed by atoms with E-state index in [1.165, 1.54) is 0 Å². The summed E-state index contributed by atoms with van der Waals surface area (Å²) in [5.41, 5.74) is 6.71. The predicted octanol–water partition coefficient (Wildman–Crippen LogP) is 6.75. The second kappa shape index (κ2) is 12.0. The fraction of sp³-hybridized carbons (Fsp3) is 0.333. The standard InChI is InChI=1S/C33H38N4O3/c1-6-27-29(30(21(3)34-4)36-37(27)5)26-17-11-16-24-25(32(35-31(24)26)33(38)39-7-2)18-12-20-40-28-19-10-14-22-13-8-9-15-23(22)28/h8-11,13-17,19,21,34-35H,6-7,12,18,20H2,1-5H3. The monoisotopic (exact) mass is 538 g/mol. The molecule has 5 rings (SSSR count). The van der Waals surface area contributed by atoms with Gasteiger partial charge in [0.25, 0.3) is 0 Å².